The molecule has 0 aliphatic heterocycles. The first kappa shape index (κ1) is 20.8. The fourth-order valence-corrected chi connectivity index (χ4v) is 4.12. The molecule has 2 N–H and O–H groups in total. The summed E-state index contributed by atoms with van der Waals surface area (Å²) in [6.07, 6.45) is 1.87. The van der Waals surface area contributed by atoms with E-state index in [2.05, 4.69) is 24.8 Å². The number of hydrogen-bond acceptors (Lipinski definition) is 5. The van der Waals surface area contributed by atoms with E-state index in [9.17, 15) is 4.79 Å². The number of primary amides is 1. The lowest BCUT2D eigenvalue weighted by Gasteiger charge is -2.17. The molecule has 1 aliphatic carbocycles. The SMILES string of the molecule is N#Cc1ccc(Oc2cccc3c2CC[C@H]3Oc2ccc(C(S)CC(N)=O)cc2)cc1. The minimum atomic E-state index is -0.373. The van der Waals surface area contributed by atoms with Crippen LogP contribution in [0.3, 0.4) is 0 Å². The van der Waals surface area contributed by atoms with E-state index < -0.39 is 0 Å². The van der Waals surface area contributed by atoms with E-state index in [1.807, 2.05) is 36.4 Å². The predicted octanol–water partition coefficient (Wildman–Crippen LogP) is 5.26. The number of rotatable bonds is 7. The van der Waals surface area contributed by atoms with Gasteiger partial charge in [0.1, 0.15) is 23.4 Å². The van der Waals surface area contributed by atoms with Gasteiger partial charge in [0.15, 0.2) is 0 Å². The van der Waals surface area contributed by atoms with Gasteiger partial charge in [0, 0.05) is 17.2 Å². The van der Waals surface area contributed by atoms with Gasteiger partial charge in [0.05, 0.1) is 11.6 Å². The fourth-order valence-electron chi connectivity index (χ4n) is 3.77. The highest BCUT2D eigenvalue weighted by atomic mass is 32.1. The Morgan fingerprint density at radius 2 is 1.81 bits per heavy atom. The lowest BCUT2D eigenvalue weighted by atomic mass is 10.1. The number of carbonyl (C=O) groups excluding carboxylic acids is 1. The van der Waals surface area contributed by atoms with E-state index in [4.69, 9.17) is 20.5 Å². The van der Waals surface area contributed by atoms with Crippen molar-refractivity contribution in [1.29, 1.82) is 5.26 Å². The van der Waals surface area contributed by atoms with Crippen molar-refractivity contribution in [3.63, 3.8) is 0 Å². The normalized spacial score (nSPS) is 15.5. The van der Waals surface area contributed by atoms with Crippen LogP contribution in [0.2, 0.25) is 0 Å². The van der Waals surface area contributed by atoms with E-state index in [0.717, 1.165) is 41.0 Å². The van der Waals surface area contributed by atoms with E-state index in [1.165, 1.54) is 0 Å². The zero-order valence-electron chi connectivity index (χ0n) is 16.8. The van der Waals surface area contributed by atoms with E-state index in [-0.39, 0.29) is 23.7 Å². The molecule has 4 rings (SSSR count). The summed E-state index contributed by atoms with van der Waals surface area (Å²) in [5.74, 6) is 1.90. The Hall–Kier alpha value is -3.43. The first-order valence-corrected chi connectivity index (χ1v) is 10.6. The fraction of sp³-hybridized carbons (Fsp3) is 0.200. The van der Waals surface area contributed by atoms with Gasteiger partial charge < -0.3 is 15.2 Å². The molecule has 0 aromatic heterocycles. The molecule has 0 heterocycles. The van der Waals surface area contributed by atoms with E-state index in [1.54, 1.807) is 24.3 Å². The van der Waals surface area contributed by atoms with Crippen molar-refractivity contribution < 1.29 is 14.3 Å². The molecule has 1 unspecified atom stereocenters. The highest BCUT2D eigenvalue weighted by Crippen LogP contribution is 2.41. The van der Waals surface area contributed by atoms with Gasteiger partial charge in [0.2, 0.25) is 5.91 Å². The maximum atomic E-state index is 11.1. The molecule has 0 bridgehead atoms. The van der Waals surface area contributed by atoms with Gasteiger partial charge in [-0.2, -0.15) is 17.9 Å². The lowest BCUT2D eigenvalue weighted by Crippen LogP contribution is -2.12. The summed E-state index contributed by atoms with van der Waals surface area (Å²) < 4.78 is 12.3. The molecule has 156 valence electrons. The summed E-state index contributed by atoms with van der Waals surface area (Å²) in [5.41, 5.74) is 9.05. The number of nitrogens with two attached hydrogens (primary N) is 1. The highest BCUT2D eigenvalue weighted by Gasteiger charge is 2.27. The zero-order valence-corrected chi connectivity index (χ0v) is 17.7. The highest BCUT2D eigenvalue weighted by molar-refractivity contribution is 7.80. The molecule has 0 spiro atoms. The number of carbonyl (C=O) groups is 1. The Morgan fingerprint density at radius 3 is 2.48 bits per heavy atom. The first-order valence-electron chi connectivity index (χ1n) is 10.1. The van der Waals surface area contributed by atoms with Gasteiger partial charge in [0.25, 0.3) is 0 Å². The van der Waals surface area contributed by atoms with Crippen LogP contribution in [0.15, 0.2) is 66.7 Å². The lowest BCUT2D eigenvalue weighted by molar-refractivity contribution is -0.118. The third kappa shape index (κ3) is 4.84. The number of amides is 1. The molecule has 1 aliphatic rings. The summed E-state index contributed by atoms with van der Waals surface area (Å²) in [6.45, 7) is 0. The zero-order chi connectivity index (χ0) is 21.8. The maximum absolute atomic E-state index is 11.1. The minimum absolute atomic E-state index is 0.0530. The summed E-state index contributed by atoms with van der Waals surface area (Å²) in [6, 6.07) is 22.8. The number of nitriles is 1. The number of ether oxygens (including phenoxy) is 2. The van der Waals surface area contributed by atoms with Crippen LogP contribution in [-0.4, -0.2) is 5.91 Å². The average molecular weight is 431 g/mol. The molecule has 0 saturated carbocycles. The smallest absolute Gasteiger partial charge is 0.218 e. The minimum Gasteiger partial charge on any atom is -0.486 e. The average Bonchev–Trinajstić information content (AvgIpc) is 3.18. The Bertz CT molecular complexity index is 1120. The third-order valence-corrected chi connectivity index (χ3v) is 5.80. The molecule has 5 nitrogen and oxygen atoms in total. The quantitative estimate of drug-likeness (QED) is 0.501. The van der Waals surface area contributed by atoms with Crippen molar-refractivity contribution in [2.24, 2.45) is 5.73 Å². The second-order valence-corrected chi connectivity index (χ2v) is 8.09. The van der Waals surface area contributed by atoms with Gasteiger partial charge in [-0.05, 0) is 66.4 Å². The van der Waals surface area contributed by atoms with Crippen LogP contribution in [0.4, 0.5) is 0 Å². The molecule has 0 fully saturated rings. The molecule has 0 saturated heterocycles. The third-order valence-electron chi connectivity index (χ3n) is 5.32. The Labute approximate surface area is 186 Å². The van der Waals surface area contributed by atoms with Crippen LogP contribution >= 0.6 is 12.6 Å². The molecular formula is C25H22N2O3S. The predicted molar refractivity (Wildman–Crippen MR) is 121 cm³/mol. The van der Waals surface area contributed by atoms with Crippen LogP contribution in [-0.2, 0) is 11.2 Å². The second-order valence-electron chi connectivity index (χ2n) is 7.46. The number of fused-ring (bicyclic) bond motifs is 1. The van der Waals surface area contributed by atoms with Gasteiger partial charge in [-0.25, -0.2) is 0 Å². The number of thiol groups is 1. The molecule has 3 aromatic carbocycles. The topological polar surface area (TPSA) is 85.3 Å². The van der Waals surface area contributed by atoms with E-state index >= 15 is 0 Å². The largest absolute Gasteiger partial charge is 0.486 e. The summed E-state index contributed by atoms with van der Waals surface area (Å²) in [7, 11) is 0. The molecule has 0 radical (unpaired) electrons. The number of hydrogen-bond donors (Lipinski definition) is 2. The van der Waals surface area contributed by atoms with Crippen molar-refractivity contribution in [2.45, 2.75) is 30.6 Å². The summed E-state index contributed by atoms with van der Waals surface area (Å²) in [5, 5.41) is 8.72. The molecule has 2 atom stereocenters. The van der Waals surface area contributed by atoms with Gasteiger partial charge in [-0.1, -0.05) is 24.3 Å². The van der Waals surface area contributed by atoms with Crippen LogP contribution in [0.25, 0.3) is 0 Å². The van der Waals surface area contributed by atoms with Crippen LogP contribution < -0.4 is 15.2 Å². The number of benzene rings is 3. The number of nitrogens with zero attached hydrogens (tertiary/aromatic N) is 1. The second kappa shape index (κ2) is 9.15. The monoisotopic (exact) mass is 430 g/mol. The molecule has 6 heteroatoms. The molecule has 31 heavy (non-hydrogen) atoms. The molecular weight excluding hydrogens is 408 g/mol. The van der Waals surface area contributed by atoms with Crippen molar-refractivity contribution in [3.05, 3.63) is 89.0 Å². The Kier molecular flexibility index (Phi) is 6.15. The Balaban J connectivity index is 1.47. The van der Waals surface area contributed by atoms with Crippen molar-refractivity contribution in [1.82, 2.24) is 0 Å². The maximum Gasteiger partial charge on any atom is 0.218 e. The first-order chi connectivity index (χ1) is 15.0. The summed E-state index contributed by atoms with van der Waals surface area (Å²) >= 11 is 4.44. The van der Waals surface area contributed by atoms with Gasteiger partial charge >= 0.3 is 0 Å². The van der Waals surface area contributed by atoms with Crippen LogP contribution in [0.1, 0.15) is 46.4 Å². The van der Waals surface area contributed by atoms with Crippen LogP contribution in [0.5, 0.6) is 17.2 Å². The molecule has 3 aromatic rings. The van der Waals surface area contributed by atoms with Crippen molar-refractivity contribution in [3.8, 4) is 23.3 Å². The van der Waals surface area contributed by atoms with Gasteiger partial charge in [-0.15, -0.1) is 0 Å². The van der Waals surface area contributed by atoms with E-state index in [0.29, 0.717) is 11.3 Å². The van der Waals surface area contributed by atoms with Crippen molar-refractivity contribution in [2.75, 3.05) is 0 Å². The van der Waals surface area contributed by atoms with Gasteiger partial charge in [-0.3, -0.25) is 4.79 Å². The van der Waals surface area contributed by atoms with Crippen LogP contribution in [0, 0.1) is 11.3 Å². The molecule has 1 amide bonds. The standard InChI is InChI=1S/C25H22N2O3S/c26-15-16-4-8-18(9-5-16)29-22-3-1-2-20-21(22)12-13-23(20)30-19-10-6-17(7-11-19)24(31)14-25(27)28/h1-11,23-24,31H,12-14H2,(H2,27,28)/t23-,24?/m1/s1. The Morgan fingerprint density at radius 1 is 1.10 bits per heavy atom. The summed E-state index contributed by atoms with van der Waals surface area (Å²) in [4.78, 5) is 11.1. The van der Waals surface area contributed by atoms with Crippen molar-refractivity contribution >= 4 is 18.5 Å².